The minimum atomic E-state index is 0.650. The topological polar surface area (TPSA) is 38.1 Å². The maximum absolute atomic E-state index is 6.09. The van der Waals surface area contributed by atoms with Crippen LogP contribution in [0.3, 0.4) is 0 Å². The Kier molecular flexibility index (Phi) is 3.74. The van der Waals surface area contributed by atoms with Crippen LogP contribution in [0.1, 0.15) is 17.0 Å². The second-order valence-electron chi connectivity index (χ2n) is 3.78. The van der Waals surface area contributed by atoms with Gasteiger partial charge in [0.1, 0.15) is 5.76 Å². The second kappa shape index (κ2) is 5.10. The van der Waals surface area contributed by atoms with Crippen molar-refractivity contribution in [1.29, 1.82) is 0 Å². The lowest BCUT2D eigenvalue weighted by Crippen LogP contribution is -2.01. The monoisotopic (exact) mass is 314 g/mol. The quantitative estimate of drug-likeness (QED) is 0.916. The smallest absolute Gasteiger partial charge is 0.138 e. The predicted octanol–water partition coefficient (Wildman–Crippen LogP) is 4.32. The molecule has 1 heterocycles. The highest BCUT2D eigenvalue weighted by molar-refractivity contribution is 9.10. The van der Waals surface area contributed by atoms with E-state index in [0.29, 0.717) is 11.6 Å². The van der Waals surface area contributed by atoms with E-state index in [-0.39, 0.29) is 0 Å². The van der Waals surface area contributed by atoms with E-state index in [2.05, 4.69) is 26.4 Å². The van der Waals surface area contributed by atoms with Crippen molar-refractivity contribution < 1.29 is 4.52 Å². The minimum Gasteiger partial charge on any atom is -0.380 e. The Bertz CT molecular complexity index is 520. The zero-order valence-corrected chi connectivity index (χ0v) is 11.9. The lowest BCUT2D eigenvalue weighted by molar-refractivity contribution is 0.392. The summed E-state index contributed by atoms with van der Waals surface area (Å²) in [4.78, 5) is 0. The van der Waals surface area contributed by atoms with Crippen molar-refractivity contribution in [2.45, 2.75) is 20.4 Å². The summed E-state index contributed by atoms with van der Waals surface area (Å²) in [6.45, 7) is 4.48. The molecule has 0 unspecified atom stereocenters. The molecule has 17 heavy (non-hydrogen) atoms. The normalized spacial score (nSPS) is 10.6. The molecule has 5 heteroatoms. The van der Waals surface area contributed by atoms with Crippen molar-refractivity contribution >= 4 is 33.2 Å². The third kappa shape index (κ3) is 2.82. The van der Waals surface area contributed by atoms with Gasteiger partial charge in [-0.05, 0) is 32.0 Å². The highest BCUT2D eigenvalue weighted by atomic mass is 79.9. The molecule has 0 spiro atoms. The molecule has 0 saturated carbocycles. The number of benzene rings is 1. The second-order valence-corrected chi connectivity index (χ2v) is 5.10. The van der Waals surface area contributed by atoms with E-state index < -0.39 is 0 Å². The van der Waals surface area contributed by atoms with Crippen molar-refractivity contribution in [3.63, 3.8) is 0 Å². The molecule has 0 radical (unpaired) electrons. The fraction of sp³-hybridized carbons (Fsp3) is 0.250. The van der Waals surface area contributed by atoms with Crippen LogP contribution >= 0.6 is 27.5 Å². The number of aromatic nitrogens is 1. The van der Waals surface area contributed by atoms with Gasteiger partial charge in [0.25, 0.3) is 0 Å². The van der Waals surface area contributed by atoms with Crippen molar-refractivity contribution in [3.05, 3.63) is 44.7 Å². The van der Waals surface area contributed by atoms with Gasteiger partial charge in [-0.25, -0.2) is 0 Å². The molecular formula is C12H12BrClN2O. The molecule has 3 nitrogen and oxygen atoms in total. The maximum Gasteiger partial charge on any atom is 0.138 e. The first-order valence-electron chi connectivity index (χ1n) is 5.18. The Morgan fingerprint density at radius 2 is 2.18 bits per heavy atom. The molecule has 0 fully saturated rings. The molecule has 0 atom stereocenters. The third-order valence-electron chi connectivity index (χ3n) is 2.57. The van der Waals surface area contributed by atoms with Gasteiger partial charge in [-0.15, -0.1) is 0 Å². The van der Waals surface area contributed by atoms with Crippen LogP contribution in [-0.2, 0) is 6.54 Å². The van der Waals surface area contributed by atoms with Gasteiger partial charge >= 0.3 is 0 Å². The minimum absolute atomic E-state index is 0.650. The van der Waals surface area contributed by atoms with Crippen LogP contribution in [0.15, 0.2) is 27.2 Å². The number of hydrogen-bond acceptors (Lipinski definition) is 3. The van der Waals surface area contributed by atoms with Crippen LogP contribution in [0.5, 0.6) is 0 Å². The van der Waals surface area contributed by atoms with Crippen LogP contribution in [0.25, 0.3) is 0 Å². The number of aryl methyl sites for hydroxylation is 2. The third-order valence-corrected chi connectivity index (χ3v) is 3.39. The maximum atomic E-state index is 6.09. The van der Waals surface area contributed by atoms with E-state index in [4.69, 9.17) is 16.1 Å². The van der Waals surface area contributed by atoms with Crippen molar-refractivity contribution in [2.24, 2.45) is 0 Å². The first kappa shape index (κ1) is 12.5. The first-order chi connectivity index (χ1) is 8.08. The Labute approximate surface area is 113 Å². The standard InChI is InChI=1S/C12H12BrClN2O/c1-7-10(8(2)17-16-7)6-15-12-5-9(13)3-4-11(12)14/h3-5,15H,6H2,1-2H3. The summed E-state index contributed by atoms with van der Waals surface area (Å²) in [6, 6.07) is 5.70. The van der Waals surface area contributed by atoms with Crippen molar-refractivity contribution in [1.82, 2.24) is 5.16 Å². The number of anilines is 1. The number of hydrogen-bond donors (Lipinski definition) is 1. The van der Waals surface area contributed by atoms with Gasteiger partial charge in [-0.1, -0.05) is 32.7 Å². The van der Waals surface area contributed by atoms with Gasteiger partial charge in [0.15, 0.2) is 0 Å². The van der Waals surface area contributed by atoms with Gasteiger partial charge in [-0.2, -0.15) is 0 Å². The zero-order valence-electron chi connectivity index (χ0n) is 9.55. The largest absolute Gasteiger partial charge is 0.380 e. The van der Waals surface area contributed by atoms with Crippen LogP contribution < -0.4 is 5.32 Å². The summed E-state index contributed by atoms with van der Waals surface area (Å²) in [5.41, 5.74) is 2.86. The van der Waals surface area contributed by atoms with Crippen molar-refractivity contribution in [3.8, 4) is 0 Å². The number of nitrogens with one attached hydrogen (secondary N) is 1. The molecule has 1 aromatic heterocycles. The molecule has 1 aromatic carbocycles. The number of nitrogens with zero attached hydrogens (tertiary/aromatic N) is 1. The molecule has 2 aromatic rings. The van der Waals surface area contributed by atoms with Crippen LogP contribution in [0, 0.1) is 13.8 Å². The summed E-state index contributed by atoms with van der Waals surface area (Å²) >= 11 is 9.51. The van der Waals surface area contributed by atoms with E-state index in [1.54, 1.807) is 0 Å². The Morgan fingerprint density at radius 1 is 1.41 bits per heavy atom. The Morgan fingerprint density at radius 3 is 2.82 bits per heavy atom. The molecular weight excluding hydrogens is 304 g/mol. The molecule has 0 aliphatic rings. The van der Waals surface area contributed by atoms with E-state index in [0.717, 1.165) is 27.2 Å². The summed E-state index contributed by atoms with van der Waals surface area (Å²) < 4.78 is 6.09. The highest BCUT2D eigenvalue weighted by Gasteiger charge is 2.09. The zero-order chi connectivity index (χ0) is 12.4. The van der Waals surface area contributed by atoms with E-state index in [1.807, 2.05) is 32.0 Å². The molecule has 0 saturated heterocycles. The van der Waals surface area contributed by atoms with E-state index in [1.165, 1.54) is 0 Å². The SMILES string of the molecule is Cc1noc(C)c1CNc1cc(Br)ccc1Cl. The predicted molar refractivity (Wildman–Crippen MR) is 72.5 cm³/mol. The summed E-state index contributed by atoms with van der Waals surface area (Å²) in [7, 11) is 0. The Hall–Kier alpha value is -1.000. The van der Waals surface area contributed by atoms with Gasteiger partial charge in [0.05, 0.1) is 16.4 Å². The fourth-order valence-electron chi connectivity index (χ4n) is 1.57. The van der Waals surface area contributed by atoms with E-state index in [9.17, 15) is 0 Å². The highest BCUT2D eigenvalue weighted by Crippen LogP contribution is 2.26. The first-order valence-corrected chi connectivity index (χ1v) is 6.35. The number of rotatable bonds is 3. The number of halogens is 2. The molecule has 1 N–H and O–H groups in total. The average Bonchev–Trinajstić information content (AvgIpc) is 2.61. The summed E-state index contributed by atoms with van der Waals surface area (Å²) in [5.74, 6) is 0.834. The Balaban J connectivity index is 2.15. The summed E-state index contributed by atoms with van der Waals surface area (Å²) in [5, 5.41) is 7.88. The van der Waals surface area contributed by atoms with Crippen molar-refractivity contribution in [2.75, 3.05) is 5.32 Å². The van der Waals surface area contributed by atoms with Gasteiger partial charge < -0.3 is 9.84 Å². The molecule has 0 bridgehead atoms. The van der Waals surface area contributed by atoms with Gasteiger partial charge in [-0.3, -0.25) is 0 Å². The molecule has 90 valence electrons. The van der Waals surface area contributed by atoms with Gasteiger partial charge in [0, 0.05) is 16.6 Å². The van der Waals surface area contributed by atoms with Crippen LogP contribution in [-0.4, -0.2) is 5.16 Å². The molecule has 0 aliphatic carbocycles. The van der Waals surface area contributed by atoms with Crippen LogP contribution in [0.2, 0.25) is 5.02 Å². The summed E-state index contributed by atoms with van der Waals surface area (Å²) in [6.07, 6.45) is 0. The molecule has 0 aliphatic heterocycles. The molecule has 0 amide bonds. The van der Waals surface area contributed by atoms with Crippen LogP contribution in [0.4, 0.5) is 5.69 Å². The van der Waals surface area contributed by atoms with E-state index >= 15 is 0 Å². The average molecular weight is 316 g/mol. The van der Waals surface area contributed by atoms with Gasteiger partial charge in [0.2, 0.25) is 0 Å². The lowest BCUT2D eigenvalue weighted by atomic mass is 10.2. The molecule has 2 rings (SSSR count). The fourth-order valence-corrected chi connectivity index (χ4v) is 2.12. The lowest BCUT2D eigenvalue weighted by Gasteiger charge is -2.08.